The summed E-state index contributed by atoms with van der Waals surface area (Å²) in [5.41, 5.74) is 4.57. The lowest BCUT2D eigenvalue weighted by atomic mass is 9.99. The van der Waals surface area contributed by atoms with Gasteiger partial charge in [-0.3, -0.25) is 4.79 Å². The van der Waals surface area contributed by atoms with E-state index in [-0.39, 0.29) is 30.6 Å². The van der Waals surface area contributed by atoms with Crippen LogP contribution in [-0.4, -0.2) is 48.3 Å². The number of carbonyl (C=O) groups excluding carboxylic acids is 1. The van der Waals surface area contributed by atoms with Gasteiger partial charge in [0.05, 0.1) is 24.4 Å². The van der Waals surface area contributed by atoms with Gasteiger partial charge in [-0.15, -0.1) is 0 Å². The monoisotopic (exact) mass is 504 g/mol. The molecule has 0 radical (unpaired) electrons. The summed E-state index contributed by atoms with van der Waals surface area (Å²) in [6, 6.07) is 12.2. The Morgan fingerprint density at radius 2 is 2.06 bits per heavy atom. The van der Waals surface area contributed by atoms with Crippen LogP contribution in [-0.2, 0) is 21.4 Å². The van der Waals surface area contributed by atoms with Crippen molar-refractivity contribution in [2.75, 3.05) is 18.8 Å². The third-order valence-corrected chi connectivity index (χ3v) is 8.30. The maximum atomic E-state index is 14.3. The zero-order chi connectivity index (χ0) is 24.3. The molecular formula is C24H26ClFN4O3S. The summed E-state index contributed by atoms with van der Waals surface area (Å²) >= 11 is 6.21. The van der Waals surface area contributed by atoms with Crippen LogP contribution in [0.4, 0.5) is 4.39 Å². The average Bonchev–Trinajstić information content (AvgIpc) is 3.19. The molecule has 180 valence electrons. The van der Waals surface area contributed by atoms with Crippen LogP contribution in [0.1, 0.15) is 30.9 Å². The van der Waals surface area contributed by atoms with Crippen molar-refractivity contribution < 1.29 is 17.6 Å². The van der Waals surface area contributed by atoms with Crippen LogP contribution < -0.4 is 5.43 Å². The number of sulfonamides is 1. The van der Waals surface area contributed by atoms with Crippen molar-refractivity contribution in [3.63, 3.8) is 0 Å². The van der Waals surface area contributed by atoms with E-state index in [4.69, 9.17) is 11.6 Å². The number of carbonyl (C=O) groups is 1. The normalized spacial score (nSPS) is 17.4. The standard InChI is InChI=1S/C24H26ClFN4O3S/c1-2-34(32,33)30-12-6-7-17(15-30)24(31)28-27-13-18-14-29(23-11-4-3-8-19(18)23)16-20-21(25)9-5-10-22(20)26/h3-5,8-11,13-14,17H,2,6-7,12,15-16H2,1H3,(H,28,31)/b27-13-/t17-/m0/s1. The number of benzene rings is 2. The summed E-state index contributed by atoms with van der Waals surface area (Å²) in [5.74, 6) is -1.12. The van der Waals surface area contributed by atoms with Crippen LogP contribution in [0.5, 0.6) is 0 Å². The number of nitrogens with one attached hydrogen (secondary N) is 1. The van der Waals surface area contributed by atoms with Gasteiger partial charge in [-0.1, -0.05) is 35.9 Å². The first-order valence-corrected chi connectivity index (χ1v) is 13.1. The molecule has 3 aromatic rings. The van der Waals surface area contributed by atoms with Gasteiger partial charge in [0, 0.05) is 46.3 Å². The highest BCUT2D eigenvalue weighted by Crippen LogP contribution is 2.25. The van der Waals surface area contributed by atoms with Crippen molar-refractivity contribution in [2.24, 2.45) is 11.0 Å². The van der Waals surface area contributed by atoms with Crippen LogP contribution >= 0.6 is 11.6 Å². The first-order valence-electron chi connectivity index (χ1n) is 11.1. The number of para-hydroxylation sites is 1. The third kappa shape index (κ3) is 5.16. The molecule has 0 saturated carbocycles. The predicted molar refractivity (Wildman–Crippen MR) is 132 cm³/mol. The third-order valence-electron chi connectivity index (χ3n) is 6.10. The average molecular weight is 505 g/mol. The van der Waals surface area contributed by atoms with Gasteiger partial charge in [-0.05, 0) is 38.0 Å². The van der Waals surface area contributed by atoms with Crippen LogP contribution in [0, 0.1) is 11.7 Å². The Labute approximate surface area is 203 Å². The number of fused-ring (bicyclic) bond motifs is 1. The molecule has 2 heterocycles. The van der Waals surface area contributed by atoms with E-state index in [1.165, 1.54) is 10.4 Å². The van der Waals surface area contributed by atoms with E-state index in [2.05, 4.69) is 10.5 Å². The number of piperidine rings is 1. The summed E-state index contributed by atoms with van der Waals surface area (Å²) in [6.45, 7) is 2.45. The van der Waals surface area contributed by atoms with Gasteiger partial charge in [0.1, 0.15) is 5.82 Å². The van der Waals surface area contributed by atoms with E-state index >= 15 is 0 Å². The molecule has 1 aliphatic rings. The zero-order valence-electron chi connectivity index (χ0n) is 18.7. The molecule has 7 nitrogen and oxygen atoms in total. The van der Waals surface area contributed by atoms with E-state index in [1.54, 1.807) is 25.3 Å². The van der Waals surface area contributed by atoms with Gasteiger partial charge in [0.2, 0.25) is 15.9 Å². The van der Waals surface area contributed by atoms with Crippen molar-refractivity contribution >= 4 is 44.6 Å². The molecule has 0 unspecified atom stereocenters. The second-order valence-electron chi connectivity index (χ2n) is 8.26. The molecule has 0 spiro atoms. The molecule has 1 atom stereocenters. The highest BCUT2D eigenvalue weighted by Gasteiger charge is 2.31. The van der Waals surface area contributed by atoms with Gasteiger partial charge in [-0.2, -0.15) is 5.10 Å². The van der Waals surface area contributed by atoms with Crippen LogP contribution in [0.3, 0.4) is 0 Å². The molecule has 2 aromatic carbocycles. The summed E-state index contributed by atoms with van der Waals surface area (Å²) in [4.78, 5) is 12.6. The fourth-order valence-electron chi connectivity index (χ4n) is 4.21. The molecule has 1 aromatic heterocycles. The largest absolute Gasteiger partial charge is 0.342 e. The van der Waals surface area contributed by atoms with E-state index < -0.39 is 15.9 Å². The molecule has 1 aliphatic heterocycles. The van der Waals surface area contributed by atoms with Gasteiger partial charge in [-0.25, -0.2) is 22.5 Å². The molecule has 10 heteroatoms. The van der Waals surface area contributed by atoms with Crippen molar-refractivity contribution in [1.82, 2.24) is 14.3 Å². The summed E-state index contributed by atoms with van der Waals surface area (Å²) in [7, 11) is -3.33. The van der Waals surface area contributed by atoms with Crippen LogP contribution in [0.25, 0.3) is 10.9 Å². The Bertz CT molecular complexity index is 1320. The number of hydrazone groups is 1. The minimum Gasteiger partial charge on any atom is -0.342 e. The fraction of sp³-hybridized carbons (Fsp3) is 0.333. The van der Waals surface area contributed by atoms with Gasteiger partial charge in [0.15, 0.2) is 0 Å². The number of hydrogen-bond acceptors (Lipinski definition) is 4. The number of halogens is 2. The maximum Gasteiger partial charge on any atom is 0.244 e. The van der Waals surface area contributed by atoms with Crippen LogP contribution in [0.2, 0.25) is 5.02 Å². The minimum absolute atomic E-state index is 0.0155. The van der Waals surface area contributed by atoms with Gasteiger partial charge < -0.3 is 4.57 Å². The highest BCUT2D eigenvalue weighted by atomic mass is 35.5. The maximum absolute atomic E-state index is 14.3. The van der Waals surface area contributed by atoms with E-state index in [9.17, 15) is 17.6 Å². The van der Waals surface area contributed by atoms with Crippen LogP contribution in [0.15, 0.2) is 53.8 Å². The number of aromatic nitrogens is 1. The SMILES string of the molecule is CCS(=O)(=O)N1CCC[C@H](C(=O)N/N=C\c2cn(Cc3c(F)cccc3Cl)c3ccccc23)C1. The fourth-order valence-corrected chi connectivity index (χ4v) is 5.61. The minimum atomic E-state index is -3.33. The number of hydrogen-bond donors (Lipinski definition) is 1. The number of nitrogens with zero attached hydrogens (tertiary/aromatic N) is 3. The first-order chi connectivity index (χ1) is 16.3. The first kappa shape index (κ1) is 24.4. The summed E-state index contributed by atoms with van der Waals surface area (Å²) in [6.07, 6.45) is 4.62. The lowest BCUT2D eigenvalue weighted by Gasteiger charge is -2.30. The van der Waals surface area contributed by atoms with Crippen molar-refractivity contribution in [2.45, 2.75) is 26.3 Å². The topological polar surface area (TPSA) is 83.8 Å². The van der Waals surface area contributed by atoms with Crippen molar-refractivity contribution in [1.29, 1.82) is 0 Å². The molecule has 34 heavy (non-hydrogen) atoms. The Morgan fingerprint density at radius 1 is 1.26 bits per heavy atom. The van der Waals surface area contributed by atoms with Crippen molar-refractivity contribution in [3.8, 4) is 0 Å². The van der Waals surface area contributed by atoms with Gasteiger partial charge >= 0.3 is 0 Å². The lowest BCUT2D eigenvalue weighted by Crippen LogP contribution is -2.45. The molecule has 1 fully saturated rings. The lowest BCUT2D eigenvalue weighted by molar-refractivity contribution is -0.126. The Balaban J connectivity index is 1.50. The molecule has 1 N–H and O–H groups in total. The molecule has 1 saturated heterocycles. The summed E-state index contributed by atoms with van der Waals surface area (Å²) < 4.78 is 41.9. The Morgan fingerprint density at radius 3 is 2.82 bits per heavy atom. The Hall–Kier alpha value is -2.75. The number of amides is 1. The quantitative estimate of drug-likeness (QED) is 0.390. The number of rotatable bonds is 7. The van der Waals surface area contributed by atoms with Crippen molar-refractivity contribution in [3.05, 3.63) is 70.6 Å². The molecule has 1 amide bonds. The smallest absolute Gasteiger partial charge is 0.244 e. The van der Waals surface area contributed by atoms with E-state index in [0.717, 1.165) is 16.5 Å². The molecule has 0 aliphatic carbocycles. The Kier molecular flexibility index (Phi) is 7.35. The molecular weight excluding hydrogens is 479 g/mol. The molecule has 4 rings (SSSR count). The van der Waals surface area contributed by atoms with E-state index in [0.29, 0.717) is 30.0 Å². The zero-order valence-corrected chi connectivity index (χ0v) is 20.3. The summed E-state index contributed by atoms with van der Waals surface area (Å²) in [5, 5.41) is 5.37. The van der Waals surface area contributed by atoms with Gasteiger partial charge in [0.25, 0.3) is 0 Å². The second kappa shape index (κ2) is 10.2. The highest BCUT2D eigenvalue weighted by molar-refractivity contribution is 7.89. The second-order valence-corrected chi connectivity index (χ2v) is 10.9. The molecule has 0 bridgehead atoms. The van der Waals surface area contributed by atoms with E-state index in [1.807, 2.05) is 35.0 Å². The predicted octanol–water partition coefficient (Wildman–Crippen LogP) is 3.99.